The highest BCUT2D eigenvalue weighted by Gasteiger charge is 2.25. The summed E-state index contributed by atoms with van der Waals surface area (Å²) in [5.41, 5.74) is 0. The molecule has 0 bridgehead atoms. The third-order valence-electron chi connectivity index (χ3n) is 3.46. The van der Waals surface area contributed by atoms with Gasteiger partial charge < -0.3 is 14.2 Å². The largest absolute Gasteiger partial charge is 0.400 e. The van der Waals surface area contributed by atoms with E-state index in [-0.39, 0.29) is 0 Å². The van der Waals surface area contributed by atoms with E-state index < -0.39 is 9.28 Å². The number of piperidine rings is 1. The summed E-state index contributed by atoms with van der Waals surface area (Å²) < 4.78 is 10.8. The Morgan fingerprint density at radius 2 is 2.07 bits per heavy atom. The summed E-state index contributed by atoms with van der Waals surface area (Å²) in [6.45, 7) is 3.46. The van der Waals surface area contributed by atoms with Gasteiger partial charge in [-0.05, 0) is 31.3 Å². The zero-order valence-electron chi connectivity index (χ0n) is 10.3. The molecule has 0 amide bonds. The van der Waals surface area contributed by atoms with Gasteiger partial charge in [0.2, 0.25) is 0 Å². The maximum absolute atomic E-state index is 5.41. The van der Waals surface area contributed by atoms with Crippen LogP contribution in [0.2, 0.25) is 6.04 Å². The topological polar surface area (TPSA) is 30.5 Å². The van der Waals surface area contributed by atoms with Gasteiger partial charge in [-0.15, -0.1) is 0 Å². The standard InChI is InChI=1S/C11H25NO2Si/c1-4-10(9-15(13-2)14-3)11-7-5-6-8-12-11/h10-12,15H,4-9H2,1-3H3. The molecule has 1 fully saturated rings. The minimum absolute atomic E-state index is 0.698. The maximum Gasteiger partial charge on any atom is 0.321 e. The van der Waals surface area contributed by atoms with Crippen molar-refractivity contribution >= 4 is 9.28 Å². The third-order valence-corrected chi connectivity index (χ3v) is 5.50. The van der Waals surface area contributed by atoms with Gasteiger partial charge in [0.15, 0.2) is 0 Å². The Balaban J connectivity index is 2.38. The van der Waals surface area contributed by atoms with Crippen LogP contribution in [0.1, 0.15) is 32.6 Å². The lowest BCUT2D eigenvalue weighted by Crippen LogP contribution is -2.41. The third kappa shape index (κ3) is 4.22. The van der Waals surface area contributed by atoms with E-state index in [1.165, 1.54) is 32.2 Å². The first-order valence-electron chi connectivity index (χ1n) is 6.10. The van der Waals surface area contributed by atoms with Gasteiger partial charge in [0.25, 0.3) is 0 Å². The van der Waals surface area contributed by atoms with E-state index in [0.717, 1.165) is 12.0 Å². The molecule has 0 radical (unpaired) electrons. The predicted octanol–water partition coefficient (Wildman–Crippen LogP) is 1.67. The molecule has 2 unspecified atom stereocenters. The summed E-state index contributed by atoms with van der Waals surface area (Å²) in [5.74, 6) is 0.738. The van der Waals surface area contributed by atoms with Gasteiger partial charge in [-0.1, -0.05) is 19.8 Å². The van der Waals surface area contributed by atoms with Gasteiger partial charge in [0, 0.05) is 20.3 Å². The first-order valence-corrected chi connectivity index (χ1v) is 7.86. The monoisotopic (exact) mass is 231 g/mol. The predicted molar refractivity (Wildman–Crippen MR) is 65.4 cm³/mol. The van der Waals surface area contributed by atoms with E-state index in [1.807, 2.05) is 0 Å². The van der Waals surface area contributed by atoms with E-state index in [9.17, 15) is 0 Å². The molecule has 0 aromatic carbocycles. The van der Waals surface area contributed by atoms with Crippen molar-refractivity contribution in [2.75, 3.05) is 20.8 Å². The van der Waals surface area contributed by atoms with Crippen molar-refractivity contribution in [3.8, 4) is 0 Å². The molecule has 0 aromatic rings. The SMILES string of the molecule is CCC(C[SiH](OC)OC)C1CCCCN1. The molecule has 0 aliphatic carbocycles. The van der Waals surface area contributed by atoms with Crippen LogP contribution in [0.5, 0.6) is 0 Å². The molecular formula is C11H25NO2Si. The van der Waals surface area contributed by atoms with Crippen molar-refractivity contribution in [2.24, 2.45) is 5.92 Å². The Bertz CT molecular complexity index is 159. The van der Waals surface area contributed by atoms with Gasteiger partial charge in [0.1, 0.15) is 0 Å². The lowest BCUT2D eigenvalue weighted by atomic mass is 9.92. The highest BCUT2D eigenvalue weighted by atomic mass is 28.3. The van der Waals surface area contributed by atoms with Crippen LogP contribution in [-0.2, 0) is 8.85 Å². The lowest BCUT2D eigenvalue weighted by Gasteiger charge is -2.31. The molecule has 1 saturated heterocycles. The molecule has 1 N–H and O–H groups in total. The summed E-state index contributed by atoms with van der Waals surface area (Å²) in [7, 11) is 2.18. The summed E-state index contributed by atoms with van der Waals surface area (Å²) in [5, 5.41) is 3.63. The van der Waals surface area contributed by atoms with Gasteiger partial charge in [-0.2, -0.15) is 0 Å². The average molecular weight is 231 g/mol. The molecular weight excluding hydrogens is 206 g/mol. The number of hydrogen-bond acceptors (Lipinski definition) is 3. The van der Waals surface area contributed by atoms with Crippen molar-refractivity contribution in [3.63, 3.8) is 0 Å². The molecule has 0 spiro atoms. The van der Waals surface area contributed by atoms with Crippen molar-refractivity contribution in [2.45, 2.75) is 44.7 Å². The summed E-state index contributed by atoms with van der Waals surface area (Å²) >= 11 is 0. The highest BCUT2D eigenvalue weighted by Crippen LogP contribution is 2.23. The van der Waals surface area contributed by atoms with Crippen LogP contribution in [0.15, 0.2) is 0 Å². The molecule has 2 atom stereocenters. The Hall–Kier alpha value is 0.0969. The molecule has 3 nitrogen and oxygen atoms in total. The first-order chi connectivity index (χ1) is 7.31. The van der Waals surface area contributed by atoms with Crippen molar-refractivity contribution in [3.05, 3.63) is 0 Å². The zero-order valence-corrected chi connectivity index (χ0v) is 11.4. The van der Waals surface area contributed by atoms with Crippen LogP contribution in [-0.4, -0.2) is 36.1 Å². The molecule has 1 rings (SSSR count). The first kappa shape index (κ1) is 13.2. The molecule has 0 saturated carbocycles. The normalized spacial score (nSPS) is 24.4. The Kier molecular flexibility index (Phi) is 6.48. The molecule has 90 valence electrons. The molecule has 15 heavy (non-hydrogen) atoms. The fourth-order valence-corrected chi connectivity index (χ4v) is 4.17. The Labute approximate surface area is 95.4 Å². The van der Waals surface area contributed by atoms with Crippen molar-refractivity contribution in [1.29, 1.82) is 0 Å². The molecule has 0 aromatic heterocycles. The van der Waals surface area contributed by atoms with Crippen LogP contribution in [0.3, 0.4) is 0 Å². The fraction of sp³-hybridized carbons (Fsp3) is 1.00. The minimum atomic E-state index is -1.38. The minimum Gasteiger partial charge on any atom is -0.400 e. The van der Waals surface area contributed by atoms with Crippen LogP contribution < -0.4 is 5.32 Å². The molecule has 1 aliphatic rings. The van der Waals surface area contributed by atoms with Gasteiger partial charge in [-0.25, -0.2) is 0 Å². The second kappa shape index (κ2) is 7.38. The number of nitrogens with one attached hydrogen (secondary N) is 1. The average Bonchev–Trinajstić information content (AvgIpc) is 2.32. The maximum atomic E-state index is 5.41. The van der Waals surface area contributed by atoms with E-state index in [1.54, 1.807) is 14.2 Å². The van der Waals surface area contributed by atoms with Crippen LogP contribution in [0.25, 0.3) is 0 Å². The number of rotatable bonds is 6. The van der Waals surface area contributed by atoms with Gasteiger partial charge in [0.05, 0.1) is 0 Å². The van der Waals surface area contributed by atoms with E-state index in [4.69, 9.17) is 8.85 Å². The van der Waals surface area contributed by atoms with Crippen LogP contribution in [0, 0.1) is 5.92 Å². The summed E-state index contributed by atoms with van der Waals surface area (Å²) in [4.78, 5) is 0. The van der Waals surface area contributed by atoms with Gasteiger partial charge in [-0.3, -0.25) is 0 Å². The highest BCUT2D eigenvalue weighted by molar-refractivity contribution is 6.44. The summed E-state index contributed by atoms with van der Waals surface area (Å²) in [6, 6.07) is 1.84. The van der Waals surface area contributed by atoms with Crippen LogP contribution >= 0.6 is 0 Å². The van der Waals surface area contributed by atoms with Crippen molar-refractivity contribution < 1.29 is 8.85 Å². The Morgan fingerprint density at radius 3 is 2.53 bits per heavy atom. The van der Waals surface area contributed by atoms with Gasteiger partial charge >= 0.3 is 9.28 Å². The summed E-state index contributed by atoms with van der Waals surface area (Å²) in [6.07, 6.45) is 5.27. The van der Waals surface area contributed by atoms with Crippen molar-refractivity contribution in [1.82, 2.24) is 5.32 Å². The van der Waals surface area contributed by atoms with E-state index >= 15 is 0 Å². The lowest BCUT2D eigenvalue weighted by molar-refractivity contribution is 0.246. The quantitative estimate of drug-likeness (QED) is 0.705. The molecule has 4 heteroatoms. The Morgan fingerprint density at radius 1 is 1.33 bits per heavy atom. The second-order valence-corrected chi connectivity index (χ2v) is 6.63. The molecule has 1 heterocycles. The van der Waals surface area contributed by atoms with E-state index in [0.29, 0.717) is 6.04 Å². The fourth-order valence-electron chi connectivity index (χ4n) is 2.43. The number of hydrogen-bond donors (Lipinski definition) is 1. The molecule has 1 aliphatic heterocycles. The second-order valence-electron chi connectivity index (χ2n) is 4.36. The zero-order chi connectivity index (χ0) is 11.1. The smallest absolute Gasteiger partial charge is 0.321 e. The van der Waals surface area contributed by atoms with Crippen LogP contribution in [0.4, 0.5) is 0 Å². The van der Waals surface area contributed by atoms with E-state index in [2.05, 4.69) is 12.2 Å².